The zero-order valence-corrected chi connectivity index (χ0v) is 61.4. The molecule has 2 nitrogen and oxygen atoms in total. The molecule has 0 bridgehead atoms. The molecule has 10 rings (SSSR count). The Morgan fingerprint density at radius 1 is 0.364 bits per heavy atom. The van der Waals surface area contributed by atoms with Crippen molar-refractivity contribution in [1.82, 2.24) is 0 Å². The molecule has 0 fully saturated rings. The summed E-state index contributed by atoms with van der Waals surface area (Å²) in [5, 5.41) is 2.17. The Morgan fingerprint density at radius 3 is 1.18 bits per heavy atom. The van der Waals surface area contributed by atoms with Gasteiger partial charge in [-0.1, -0.05) is 200 Å². The maximum Gasteiger partial charge on any atom is 0.197 e. The SMILES string of the molecule is CCCCC(CC)Cc1sc(-c2c3cc(C(C)(C)C)sc3c(-c3cc(F)c(CC(CC)CCCC)s3)c3cc(-c4ccc(-c5sc(-c6ccc(C(C)(C)C)s6)c6c5C(=O)c5c(CC(CC)CCCC)sc(CC(CC)CCCC)c5C6=O)s4)sc23)cc1F. The standard InChI is InChI=1S/C76H94F2O2S8/c1-15-23-27-43(19-5)35-54-49(77)41-59(82-54)63-47-39-56(86-71(47)64(48-40-62(76(12,13)14)87-72(48)63)60-42-50(78)55(83-60)36-44(20-6)28-24-16-2)51-31-32-52(81-51)73-67-68(74(88-73)53-33-34-61(85-53)75(9,10)11)70(80)66-58(38-46(22-8)30-26-18-4)84-57(65(66)69(67)79)37-45(21-7)29-25-17-3/h31-34,39-46H,15-30,35-38H2,1-14H3. The molecule has 0 N–H and O–H groups in total. The summed E-state index contributed by atoms with van der Waals surface area (Å²) in [7, 11) is 0. The molecule has 0 saturated carbocycles. The van der Waals surface area contributed by atoms with E-state index in [1.54, 1.807) is 79.4 Å². The van der Waals surface area contributed by atoms with Gasteiger partial charge >= 0.3 is 0 Å². The lowest BCUT2D eigenvalue weighted by Gasteiger charge is -2.19. The topological polar surface area (TPSA) is 34.1 Å². The molecule has 0 radical (unpaired) electrons. The molecule has 12 heteroatoms. The van der Waals surface area contributed by atoms with Gasteiger partial charge in [-0.15, -0.1) is 90.7 Å². The second kappa shape index (κ2) is 28.8. The van der Waals surface area contributed by atoms with Gasteiger partial charge in [0.2, 0.25) is 0 Å². The first-order valence-electron chi connectivity index (χ1n) is 33.4. The van der Waals surface area contributed by atoms with E-state index in [1.165, 1.54) is 9.75 Å². The quantitative estimate of drug-likeness (QED) is 0.0468. The second-order valence-electron chi connectivity index (χ2n) is 27.4. The molecule has 1 aliphatic carbocycles. The number of fused-ring (bicyclic) bond motifs is 4. The fourth-order valence-electron chi connectivity index (χ4n) is 13.1. The van der Waals surface area contributed by atoms with Gasteiger partial charge in [0.15, 0.2) is 11.6 Å². The molecule has 4 unspecified atom stereocenters. The highest BCUT2D eigenvalue weighted by atomic mass is 32.1. The minimum atomic E-state index is -0.151. The normalized spacial score (nSPS) is 14.5. The number of hydrogen-bond acceptors (Lipinski definition) is 10. The highest BCUT2D eigenvalue weighted by molar-refractivity contribution is 7.31. The number of rotatable bonds is 29. The number of thiophene rings is 8. The van der Waals surface area contributed by atoms with Crippen LogP contribution in [0, 0.1) is 35.3 Å². The van der Waals surface area contributed by atoms with E-state index in [0.717, 1.165) is 218 Å². The van der Waals surface area contributed by atoms with E-state index in [9.17, 15) is 0 Å². The number of carbonyl (C=O) groups excluding carboxylic acids is 2. The molecule has 0 saturated heterocycles. The largest absolute Gasteiger partial charge is 0.288 e. The van der Waals surface area contributed by atoms with Crippen LogP contribution in [0.25, 0.3) is 70.3 Å². The number of ketones is 2. The maximum atomic E-state index is 16.7. The predicted molar refractivity (Wildman–Crippen MR) is 390 cm³/mol. The Bertz CT molecular complexity index is 3780. The van der Waals surface area contributed by atoms with Gasteiger partial charge in [-0.05, 0) is 109 Å². The van der Waals surface area contributed by atoms with Crippen LogP contribution in [0.4, 0.5) is 8.78 Å². The Labute approximate surface area is 557 Å². The van der Waals surface area contributed by atoms with Crippen LogP contribution in [0.15, 0.2) is 48.5 Å². The molecule has 1 aliphatic rings. The Hall–Kier alpha value is -3.46. The summed E-state index contributed by atoms with van der Waals surface area (Å²) < 4.78 is 35.7. The van der Waals surface area contributed by atoms with Crippen molar-refractivity contribution in [2.75, 3.05) is 0 Å². The minimum absolute atomic E-state index is 0.0104. The summed E-state index contributed by atoms with van der Waals surface area (Å²) >= 11 is 13.6. The smallest absolute Gasteiger partial charge is 0.197 e. The van der Waals surface area contributed by atoms with Gasteiger partial charge in [0.25, 0.3) is 0 Å². The van der Waals surface area contributed by atoms with Crippen molar-refractivity contribution >= 4 is 122 Å². The van der Waals surface area contributed by atoms with Crippen LogP contribution >= 0.6 is 90.7 Å². The summed E-state index contributed by atoms with van der Waals surface area (Å²) in [5.74, 6) is 1.52. The van der Waals surface area contributed by atoms with Crippen molar-refractivity contribution in [2.24, 2.45) is 23.7 Å². The van der Waals surface area contributed by atoms with E-state index in [1.807, 2.05) is 23.5 Å². The molecule has 1 aromatic carbocycles. The van der Waals surface area contributed by atoms with Crippen LogP contribution in [-0.4, -0.2) is 11.6 Å². The van der Waals surface area contributed by atoms with E-state index in [-0.39, 0.29) is 34.0 Å². The van der Waals surface area contributed by atoms with Gasteiger partial charge in [0.1, 0.15) is 11.6 Å². The van der Waals surface area contributed by atoms with Crippen molar-refractivity contribution in [1.29, 1.82) is 0 Å². The fraction of sp³-hybridized carbons (Fsp3) is 0.526. The monoisotopic (exact) mass is 1330 g/mol. The lowest BCUT2D eigenvalue weighted by molar-refractivity contribution is 0.0980. The van der Waals surface area contributed by atoms with E-state index in [2.05, 4.69) is 133 Å². The van der Waals surface area contributed by atoms with Gasteiger partial charge in [-0.2, -0.15) is 0 Å². The first kappa shape index (κ1) is 67.4. The molecule has 88 heavy (non-hydrogen) atoms. The van der Waals surface area contributed by atoms with Crippen molar-refractivity contribution < 1.29 is 18.4 Å². The van der Waals surface area contributed by atoms with Gasteiger partial charge < -0.3 is 0 Å². The first-order chi connectivity index (χ1) is 42.2. The molecule has 4 atom stereocenters. The molecule has 0 spiro atoms. The zero-order chi connectivity index (χ0) is 62.9. The van der Waals surface area contributed by atoms with Crippen LogP contribution < -0.4 is 0 Å². The van der Waals surface area contributed by atoms with E-state index < -0.39 is 0 Å². The average molecular weight is 1330 g/mol. The summed E-state index contributed by atoms with van der Waals surface area (Å²) in [4.78, 5) is 46.3. The van der Waals surface area contributed by atoms with Gasteiger partial charge in [-0.3, -0.25) is 9.59 Å². The second-order valence-corrected chi connectivity index (χ2v) is 36.2. The summed E-state index contributed by atoms with van der Waals surface area (Å²) in [6.45, 7) is 31.5. The molecule has 0 aliphatic heterocycles. The number of hydrogen-bond donors (Lipinski definition) is 0. The number of carbonyl (C=O) groups is 2. The lowest BCUT2D eigenvalue weighted by atomic mass is 9.81. The van der Waals surface area contributed by atoms with Crippen molar-refractivity contribution in [3.63, 3.8) is 0 Å². The molecule has 8 heterocycles. The fourth-order valence-corrected chi connectivity index (χ4v) is 23.4. The number of benzene rings is 1. The van der Waals surface area contributed by atoms with Gasteiger partial charge in [0, 0.05) is 101 Å². The third-order valence-corrected chi connectivity index (χ3v) is 29.4. The van der Waals surface area contributed by atoms with Crippen molar-refractivity contribution in [2.45, 2.75) is 236 Å². The van der Waals surface area contributed by atoms with E-state index >= 15 is 18.4 Å². The van der Waals surface area contributed by atoms with Crippen LogP contribution in [-0.2, 0) is 36.5 Å². The Kier molecular flexibility index (Phi) is 22.1. The van der Waals surface area contributed by atoms with Crippen LogP contribution in [0.5, 0.6) is 0 Å². The maximum absolute atomic E-state index is 16.7. The Morgan fingerprint density at radius 2 is 0.761 bits per heavy atom. The van der Waals surface area contributed by atoms with Crippen molar-refractivity contribution in [3.8, 4) is 50.1 Å². The minimum Gasteiger partial charge on any atom is -0.288 e. The summed E-state index contributed by atoms with van der Waals surface area (Å²) in [6, 6.07) is 17.1. The first-order valence-corrected chi connectivity index (χ1v) is 39.9. The van der Waals surface area contributed by atoms with E-state index in [0.29, 0.717) is 45.9 Å². The van der Waals surface area contributed by atoms with Crippen LogP contribution in [0.3, 0.4) is 0 Å². The molecule has 9 aromatic rings. The molecular weight excluding hydrogens is 1240 g/mol. The predicted octanol–water partition coefficient (Wildman–Crippen LogP) is 27.5. The third-order valence-electron chi connectivity index (χ3n) is 18.8. The summed E-state index contributed by atoms with van der Waals surface area (Å²) in [6.07, 6.45) is 20.8. The third kappa shape index (κ3) is 13.9. The van der Waals surface area contributed by atoms with Crippen LogP contribution in [0.2, 0.25) is 0 Å². The molecule has 472 valence electrons. The highest BCUT2D eigenvalue weighted by Gasteiger charge is 2.43. The lowest BCUT2D eigenvalue weighted by Crippen LogP contribution is -2.22. The molecule has 0 amide bonds. The zero-order valence-electron chi connectivity index (χ0n) is 54.9. The molecule has 8 aromatic heterocycles. The Balaban J connectivity index is 1.18. The van der Waals surface area contributed by atoms with Crippen LogP contribution in [0.1, 0.15) is 261 Å². The van der Waals surface area contributed by atoms with E-state index in [4.69, 9.17) is 0 Å². The molecular formula is C76H94F2O2S8. The number of halogens is 2. The van der Waals surface area contributed by atoms with Gasteiger partial charge in [-0.25, -0.2) is 8.78 Å². The highest BCUT2D eigenvalue weighted by Crippen LogP contribution is 2.57. The average Bonchev–Trinajstić information content (AvgIpc) is 1.63. The summed E-state index contributed by atoms with van der Waals surface area (Å²) in [5.41, 5.74) is 4.43. The number of unbranched alkanes of at least 4 members (excludes halogenated alkanes) is 4. The van der Waals surface area contributed by atoms with Gasteiger partial charge in [0.05, 0.1) is 20.9 Å². The van der Waals surface area contributed by atoms with Crippen molar-refractivity contribution in [3.05, 3.63) is 112 Å².